The van der Waals surface area contributed by atoms with Crippen LogP contribution in [0.5, 0.6) is 0 Å². The molecule has 0 spiro atoms. The number of aromatic nitrogens is 2. The summed E-state index contributed by atoms with van der Waals surface area (Å²) >= 11 is 0. The van der Waals surface area contributed by atoms with Gasteiger partial charge in [-0.05, 0) is 12.5 Å². The quantitative estimate of drug-likeness (QED) is 0.482. The van der Waals surface area contributed by atoms with Crippen LogP contribution in [0.2, 0.25) is 0 Å². The average Bonchev–Trinajstić information content (AvgIpc) is 2.48. The molecule has 0 radical (unpaired) electrons. The second kappa shape index (κ2) is 5.02. The van der Waals surface area contributed by atoms with E-state index < -0.39 is 28.3 Å². The molecule has 2 amide bonds. The molecule has 1 fully saturated rings. The number of piperidine rings is 1. The van der Waals surface area contributed by atoms with Crippen LogP contribution < -0.4 is 10.9 Å². The van der Waals surface area contributed by atoms with Gasteiger partial charge in [0.2, 0.25) is 5.91 Å². The molecule has 0 saturated carbocycles. The number of benzene rings is 1. The average molecular weight is 302 g/mol. The monoisotopic (exact) mass is 302 g/mol. The summed E-state index contributed by atoms with van der Waals surface area (Å²) in [7, 11) is 0. The Bertz CT molecular complexity index is 872. The predicted octanol–water partition coefficient (Wildman–Crippen LogP) is 0.282. The number of non-ortho nitro benzene ring substituents is 1. The highest BCUT2D eigenvalue weighted by atomic mass is 16.6. The Balaban J connectivity index is 2.16. The molecular weight excluding hydrogens is 292 g/mol. The molecular formula is C13H10N4O5. The van der Waals surface area contributed by atoms with E-state index in [9.17, 15) is 24.5 Å². The highest BCUT2D eigenvalue weighted by Crippen LogP contribution is 2.23. The lowest BCUT2D eigenvalue weighted by molar-refractivity contribution is -0.383. The first-order valence-electron chi connectivity index (χ1n) is 6.47. The maximum atomic E-state index is 12.4. The van der Waals surface area contributed by atoms with Crippen LogP contribution in [0, 0.1) is 10.1 Å². The van der Waals surface area contributed by atoms with E-state index in [4.69, 9.17) is 0 Å². The minimum absolute atomic E-state index is 0.105. The van der Waals surface area contributed by atoms with Gasteiger partial charge in [0.15, 0.2) is 0 Å². The van der Waals surface area contributed by atoms with E-state index in [1.165, 1.54) is 24.4 Å². The summed E-state index contributed by atoms with van der Waals surface area (Å²) in [4.78, 5) is 45.8. The molecule has 9 nitrogen and oxygen atoms in total. The summed E-state index contributed by atoms with van der Waals surface area (Å²) < 4.78 is 0.966. The molecule has 1 aliphatic heterocycles. The van der Waals surface area contributed by atoms with Crippen molar-refractivity contribution in [1.29, 1.82) is 0 Å². The first-order valence-corrected chi connectivity index (χ1v) is 6.47. The molecule has 1 N–H and O–H groups in total. The fourth-order valence-corrected chi connectivity index (χ4v) is 2.47. The smallest absolute Gasteiger partial charge is 0.279 e. The van der Waals surface area contributed by atoms with Crippen LogP contribution in [0.4, 0.5) is 5.69 Å². The lowest BCUT2D eigenvalue weighted by Gasteiger charge is -2.21. The topological polar surface area (TPSA) is 124 Å². The van der Waals surface area contributed by atoms with Gasteiger partial charge in [-0.2, -0.15) is 5.10 Å². The number of carbonyl (C=O) groups is 2. The molecule has 1 unspecified atom stereocenters. The van der Waals surface area contributed by atoms with Crippen molar-refractivity contribution < 1.29 is 14.5 Å². The molecule has 2 aromatic rings. The molecule has 1 aromatic carbocycles. The van der Waals surface area contributed by atoms with E-state index in [2.05, 4.69) is 10.4 Å². The molecule has 1 atom stereocenters. The Morgan fingerprint density at radius 2 is 2.05 bits per heavy atom. The molecule has 0 bridgehead atoms. The number of nitrogens with zero attached hydrogens (tertiary/aromatic N) is 3. The second-order valence-electron chi connectivity index (χ2n) is 4.86. The van der Waals surface area contributed by atoms with Gasteiger partial charge in [-0.3, -0.25) is 29.8 Å². The van der Waals surface area contributed by atoms with Gasteiger partial charge in [-0.1, -0.05) is 6.07 Å². The molecule has 22 heavy (non-hydrogen) atoms. The molecule has 2 heterocycles. The Morgan fingerprint density at radius 1 is 1.27 bits per heavy atom. The number of nitro benzene ring substituents is 1. The largest absolute Gasteiger partial charge is 0.295 e. The number of rotatable bonds is 2. The van der Waals surface area contributed by atoms with Crippen molar-refractivity contribution in [2.75, 3.05) is 0 Å². The zero-order valence-electron chi connectivity index (χ0n) is 11.2. The van der Waals surface area contributed by atoms with Crippen molar-refractivity contribution in [2.24, 2.45) is 0 Å². The maximum Gasteiger partial charge on any atom is 0.279 e. The Hall–Kier alpha value is -3.10. The van der Waals surface area contributed by atoms with E-state index in [-0.39, 0.29) is 29.3 Å². The van der Waals surface area contributed by atoms with Crippen LogP contribution in [0.1, 0.15) is 18.9 Å². The van der Waals surface area contributed by atoms with E-state index in [1.807, 2.05) is 0 Å². The van der Waals surface area contributed by atoms with Crippen LogP contribution in [-0.4, -0.2) is 26.5 Å². The number of nitro groups is 1. The fourth-order valence-electron chi connectivity index (χ4n) is 2.47. The Kier molecular flexibility index (Phi) is 3.17. The van der Waals surface area contributed by atoms with Crippen molar-refractivity contribution >= 4 is 28.3 Å². The number of fused-ring (bicyclic) bond motifs is 1. The van der Waals surface area contributed by atoms with Crippen molar-refractivity contribution in [3.63, 3.8) is 0 Å². The van der Waals surface area contributed by atoms with Gasteiger partial charge in [0.25, 0.3) is 17.2 Å². The first kappa shape index (κ1) is 13.9. The summed E-state index contributed by atoms with van der Waals surface area (Å²) in [6.45, 7) is 0. The SMILES string of the molecule is O=C1CCC(n2ncc3c([N+](=O)[O-])cccc3c2=O)C(=O)N1. The molecule has 1 saturated heterocycles. The van der Waals surface area contributed by atoms with E-state index in [0.717, 1.165) is 4.68 Å². The number of hydrogen-bond donors (Lipinski definition) is 1. The van der Waals surface area contributed by atoms with Crippen LogP contribution in [0.3, 0.4) is 0 Å². The van der Waals surface area contributed by atoms with Gasteiger partial charge < -0.3 is 0 Å². The Morgan fingerprint density at radius 3 is 2.73 bits per heavy atom. The number of carbonyl (C=O) groups excluding carboxylic acids is 2. The standard InChI is InChI=1S/C13H10N4O5/c18-11-5-4-10(12(19)15-11)16-13(20)7-2-1-3-9(17(21)22)8(7)6-14-16/h1-3,6,10H,4-5H2,(H,15,18,19). The molecule has 112 valence electrons. The molecule has 0 aliphatic carbocycles. The maximum absolute atomic E-state index is 12.4. The summed E-state index contributed by atoms with van der Waals surface area (Å²) in [5.41, 5.74) is -0.826. The first-order chi connectivity index (χ1) is 10.5. The van der Waals surface area contributed by atoms with Crippen LogP contribution in [0.15, 0.2) is 29.2 Å². The molecule has 3 rings (SSSR count). The highest BCUT2D eigenvalue weighted by Gasteiger charge is 2.30. The third-order valence-corrected chi connectivity index (χ3v) is 3.53. The fraction of sp³-hybridized carbons (Fsp3) is 0.231. The molecule has 1 aromatic heterocycles. The van der Waals surface area contributed by atoms with Gasteiger partial charge >= 0.3 is 0 Å². The van der Waals surface area contributed by atoms with Crippen LogP contribution in [-0.2, 0) is 9.59 Å². The van der Waals surface area contributed by atoms with Gasteiger partial charge in [0.05, 0.1) is 21.9 Å². The van der Waals surface area contributed by atoms with Crippen LogP contribution in [0.25, 0.3) is 10.8 Å². The lowest BCUT2D eigenvalue weighted by atomic mass is 10.1. The minimum atomic E-state index is -0.895. The van der Waals surface area contributed by atoms with Gasteiger partial charge in [0.1, 0.15) is 6.04 Å². The number of hydrogen-bond acceptors (Lipinski definition) is 6. The van der Waals surface area contributed by atoms with Crippen molar-refractivity contribution in [2.45, 2.75) is 18.9 Å². The molecule has 9 heteroatoms. The van der Waals surface area contributed by atoms with Crippen LogP contribution >= 0.6 is 0 Å². The third-order valence-electron chi connectivity index (χ3n) is 3.53. The normalized spacial score (nSPS) is 18.3. The van der Waals surface area contributed by atoms with Gasteiger partial charge in [-0.25, -0.2) is 4.68 Å². The summed E-state index contributed by atoms with van der Waals surface area (Å²) in [5.74, 6) is -0.999. The van der Waals surface area contributed by atoms with E-state index >= 15 is 0 Å². The minimum Gasteiger partial charge on any atom is -0.295 e. The van der Waals surface area contributed by atoms with E-state index in [0.29, 0.717) is 0 Å². The Labute approximate surface area is 122 Å². The summed E-state index contributed by atoms with van der Waals surface area (Å²) in [6, 6.07) is 3.22. The lowest BCUT2D eigenvalue weighted by Crippen LogP contribution is -2.45. The van der Waals surface area contributed by atoms with Gasteiger partial charge in [0, 0.05) is 12.5 Å². The van der Waals surface area contributed by atoms with Crippen molar-refractivity contribution in [1.82, 2.24) is 15.1 Å². The molecule has 1 aliphatic rings. The third kappa shape index (κ3) is 2.12. The predicted molar refractivity (Wildman–Crippen MR) is 74.1 cm³/mol. The van der Waals surface area contributed by atoms with E-state index in [1.54, 1.807) is 0 Å². The zero-order chi connectivity index (χ0) is 15.9. The number of nitrogens with one attached hydrogen (secondary N) is 1. The van der Waals surface area contributed by atoms with Crippen molar-refractivity contribution in [3.8, 4) is 0 Å². The van der Waals surface area contributed by atoms with Crippen molar-refractivity contribution in [3.05, 3.63) is 44.9 Å². The number of imide groups is 1. The zero-order valence-corrected chi connectivity index (χ0v) is 11.2. The summed E-state index contributed by atoms with van der Waals surface area (Å²) in [5, 5.41) is 17.2. The van der Waals surface area contributed by atoms with Gasteiger partial charge in [-0.15, -0.1) is 0 Å². The second-order valence-corrected chi connectivity index (χ2v) is 4.86. The summed E-state index contributed by atoms with van der Waals surface area (Å²) in [6.07, 6.45) is 1.47. The number of amides is 2. The highest BCUT2D eigenvalue weighted by molar-refractivity contribution is 5.99.